The summed E-state index contributed by atoms with van der Waals surface area (Å²) in [5.41, 5.74) is 7.88. The van der Waals surface area contributed by atoms with Crippen molar-refractivity contribution >= 4 is 5.91 Å². The van der Waals surface area contributed by atoms with E-state index in [2.05, 4.69) is 48.3 Å². The molecular formula is C15H25N3O. The van der Waals surface area contributed by atoms with Crippen LogP contribution in [0, 0.1) is 0 Å². The molecule has 0 fully saturated rings. The summed E-state index contributed by atoms with van der Waals surface area (Å²) in [6, 6.07) is 7.89. The molecule has 0 spiro atoms. The Morgan fingerprint density at radius 3 is 2.21 bits per heavy atom. The van der Waals surface area contributed by atoms with Crippen LogP contribution in [0.15, 0.2) is 24.3 Å². The Labute approximate surface area is 116 Å². The normalized spacial score (nSPS) is 12.5. The van der Waals surface area contributed by atoms with E-state index in [4.69, 9.17) is 5.73 Å². The van der Waals surface area contributed by atoms with Gasteiger partial charge in [-0.1, -0.05) is 38.1 Å². The first kappa shape index (κ1) is 15.7. The number of amides is 1. The van der Waals surface area contributed by atoms with Crippen molar-refractivity contribution in [2.75, 3.05) is 13.1 Å². The number of hydrogen-bond donors (Lipinski definition) is 2. The molecule has 4 heteroatoms. The lowest BCUT2D eigenvalue weighted by Gasteiger charge is -2.18. The van der Waals surface area contributed by atoms with Crippen LogP contribution >= 0.6 is 0 Å². The third-order valence-corrected chi connectivity index (χ3v) is 3.20. The molecule has 0 aliphatic heterocycles. The maximum atomic E-state index is 11.4. The SMILES string of the molecule is CCN(CC)Cc1ccc(CNC(=O)[C@@H](C)N)cc1. The maximum Gasteiger partial charge on any atom is 0.236 e. The molecule has 3 N–H and O–H groups in total. The molecule has 1 aromatic rings. The van der Waals surface area contributed by atoms with Gasteiger partial charge in [0.2, 0.25) is 5.91 Å². The van der Waals surface area contributed by atoms with Crippen molar-refractivity contribution in [3.8, 4) is 0 Å². The van der Waals surface area contributed by atoms with Crippen LogP contribution in [-0.2, 0) is 17.9 Å². The zero-order valence-electron chi connectivity index (χ0n) is 12.1. The molecule has 0 aromatic heterocycles. The Morgan fingerprint density at radius 1 is 1.21 bits per heavy atom. The summed E-state index contributed by atoms with van der Waals surface area (Å²) in [7, 11) is 0. The Hall–Kier alpha value is -1.39. The molecule has 1 rings (SSSR count). The van der Waals surface area contributed by atoms with Crippen molar-refractivity contribution in [3.63, 3.8) is 0 Å². The Bertz CT molecular complexity index is 383. The fourth-order valence-electron chi connectivity index (χ4n) is 1.82. The van der Waals surface area contributed by atoms with Gasteiger partial charge >= 0.3 is 0 Å². The van der Waals surface area contributed by atoms with Gasteiger partial charge in [-0.05, 0) is 31.1 Å². The highest BCUT2D eigenvalue weighted by Gasteiger charge is 2.06. The van der Waals surface area contributed by atoms with Crippen molar-refractivity contribution < 1.29 is 4.79 Å². The molecule has 106 valence electrons. The third-order valence-electron chi connectivity index (χ3n) is 3.20. The molecule has 0 saturated heterocycles. The molecular weight excluding hydrogens is 238 g/mol. The van der Waals surface area contributed by atoms with Crippen LogP contribution < -0.4 is 11.1 Å². The topological polar surface area (TPSA) is 58.4 Å². The van der Waals surface area contributed by atoms with Gasteiger partial charge in [-0.15, -0.1) is 0 Å². The second kappa shape index (κ2) is 7.92. The first-order chi connectivity index (χ1) is 9.06. The highest BCUT2D eigenvalue weighted by molar-refractivity contribution is 5.80. The van der Waals surface area contributed by atoms with Crippen LogP contribution in [0.2, 0.25) is 0 Å². The molecule has 1 amide bonds. The molecule has 4 nitrogen and oxygen atoms in total. The average molecular weight is 263 g/mol. The van der Waals surface area contributed by atoms with Crippen molar-refractivity contribution in [3.05, 3.63) is 35.4 Å². The van der Waals surface area contributed by atoms with Gasteiger partial charge in [-0.3, -0.25) is 9.69 Å². The highest BCUT2D eigenvalue weighted by Crippen LogP contribution is 2.07. The van der Waals surface area contributed by atoms with E-state index in [1.807, 2.05) is 0 Å². The molecule has 0 bridgehead atoms. The number of carbonyl (C=O) groups is 1. The first-order valence-electron chi connectivity index (χ1n) is 6.90. The predicted octanol–water partition coefficient (Wildman–Crippen LogP) is 1.49. The lowest BCUT2D eigenvalue weighted by molar-refractivity contribution is -0.122. The Balaban J connectivity index is 2.49. The van der Waals surface area contributed by atoms with E-state index in [-0.39, 0.29) is 5.91 Å². The highest BCUT2D eigenvalue weighted by atomic mass is 16.2. The quantitative estimate of drug-likeness (QED) is 0.783. The fourth-order valence-corrected chi connectivity index (χ4v) is 1.82. The molecule has 0 saturated carbocycles. The minimum Gasteiger partial charge on any atom is -0.351 e. The second-order valence-electron chi connectivity index (χ2n) is 4.78. The Kier molecular flexibility index (Phi) is 6.53. The maximum absolute atomic E-state index is 11.4. The summed E-state index contributed by atoms with van der Waals surface area (Å²) < 4.78 is 0. The number of carbonyl (C=O) groups excluding carboxylic acids is 1. The van der Waals surface area contributed by atoms with E-state index >= 15 is 0 Å². The monoisotopic (exact) mass is 263 g/mol. The summed E-state index contributed by atoms with van der Waals surface area (Å²) in [4.78, 5) is 13.7. The molecule has 0 radical (unpaired) electrons. The molecule has 1 aromatic carbocycles. The fraction of sp³-hybridized carbons (Fsp3) is 0.533. The van der Waals surface area contributed by atoms with Gasteiger partial charge < -0.3 is 11.1 Å². The van der Waals surface area contributed by atoms with Gasteiger partial charge in [-0.2, -0.15) is 0 Å². The second-order valence-corrected chi connectivity index (χ2v) is 4.78. The molecule has 0 unspecified atom stereocenters. The van der Waals surface area contributed by atoms with Gasteiger partial charge in [0.15, 0.2) is 0 Å². The minimum atomic E-state index is -0.457. The predicted molar refractivity (Wildman–Crippen MR) is 78.6 cm³/mol. The Morgan fingerprint density at radius 2 is 1.74 bits per heavy atom. The smallest absolute Gasteiger partial charge is 0.236 e. The van der Waals surface area contributed by atoms with E-state index < -0.39 is 6.04 Å². The van der Waals surface area contributed by atoms with Crippen molar-refractivity contribution in [1.29, 1.82) is 0 Å². The van der Waals surface area contributed by atoms with Gasteiger partial charge in [-0.25, -0.2) is 0 Å². The summed E-state index contributed by atoms with van der Waals surface area (Å²) >= 11 is 0. The van der Waals surface area contributed by atoms with Crippen molar-refractivity contribution in [2.24, 2.45) is 5.73 Å². The number of benzene rings is 1. The third kappa shape index (κ3) is 5.41. The number of nitrogens with two attached hydrogens (primary N) is 1. The van der Waals surface area contributed by atoms with Gasteiger partial charge in [0, 0.05) is 13.1 Å². The van der Waals surface area contributed by atoms with Crippen LogP contribution in [-0.4, -0.2) is 29.9 Å². The first-order valence-corrected chi connectivity index (χ1v) is 6.90. The number of nitrogens with zero attached hydrogens (tertiary/aromatic N) is 1. The number of hydrogen-bond acceptors (Lipinski definition) is 3. The van der Waals surface area contributed by atoms with Crippen LogP contribution in [0.4, 0.5) is 0 Å². The minimum absolute atomic E-state index is 0.118. The van der Waals surface area contributed by atoms with E-state index in [1.54, 1.807) is 6.92 Å². The van der Waals surface area contributed by atoms with E-state index in [0.29, 0.717) is 6.54 Å². The zero-order chi connectivity index (χ0) is 14.3. The van der Waals surface area contributed by atoms with E-state index in [0.717, 1.165) is 25.2 Å². The van der Waals surface area contributed by atoms with E-state index in [9.17, 15) is 4.79 Å². The summed E-state index contributed by atoms with van der Waals surface area (Å²) in [5.74, 6) is -0.118. The average Bonchev–Trinajstić information content (AvgIpc) is 2.43. The molecule has 1 atom stereocenters. The summed E-state index contributed by atoms with van der Waals surface area (Å²) in [6.07, 6.45) is 0. The largest absolute Gasteiger partial charge is 0.351 e. The standard InChI is InChI=1S/C15H25N3O/c1-4-18(5-2)11-14-8-6-13(7-9-14)10-17-15(19)12(3)16/h6-9,12H,4-5,10-11,16H2,1-3H3,(H,17,19)/t12-/m1/s1. The lowest BCUT2D eigenvalue weighted by Crippen LogP contribution is -2.37. The van der Waals surface area contributed by atoms with Crippen molar-refractivity contribution in [2.45, 2.75) is 39.9 Å². The molecule has 19 heavy (non-hydrogen) atoms. The molecule has 0 aliphatic carbocycles. The van der Waals surface area contributed by atoms with Gasteiger partial charge in [0.1, 0.15) is 0 Å². The summed E-state index contributed by atoms with van der Waals surface area (Å²) in [6.45, 7) is 9.64. The van der Waals surface area contributed by atoms with Crippen LogP contribution in [0.25, 0.3) is 0 Å². The van der Waals surface area contributed by atoms with Gasteiger partial charge in [0.05, 0.1) is 6.04 Å². The van der Waals surface area contributed by atoms with Crippen LogP contribution in [0.3, 0.4) is 0 Å². The zero-order valence-corrected chi connectivity index (χ0v) is 12.1. The molecule has 0 heterocycles. The molecule has 0 aliphatic rings. The van der Waals surface area contributed by atoms with Crippen LogP contribution in [0.5, 0.6) is 0 Å². The van der Waals surface area contributed by atoms with Gasteiger partial charge in [0.25, 0.3) is 0 Å². The van der Waals surface area contributed by atoms with Crippen LogP contribution in [0.1, 0.15) is 31.9 Å². The lowest BCUT2D eigenvalue weighted by atomic mass is 10.1. The number of nitrogens with one attached hydrogen (secondary N) is 1. The van der Waals surface area contributed by atoms with E-state index in [1.165, 1.54) is 5.56 Å². The summed E-state index contributed by atoms with van der Waals surface area (Å²) in [5, 5.41) is 2.81. The number of rotatable bonds is 7. The van der Waals surface area contributed by atoms with Crippen molar-refractivity contribution in [1.82, 2.24) is 10.2 Å².